The van der Waals surface area contributed by atoms with Crippen LogP contribution in [0.1, 0.15) is 25.7 Å². The standard InChI is InChI=1S/C14H21ClN4O/c15-14-12(5-3-8-17-14)18-13(20)10-19-9-2-1-4-11(19)6-7-16/h3,5,8,11H,1-2,4,6-7,9-10,16H2,(H,18,20). The Hall–Kier alpha value is -1.17. The van der Waals surface area contributed by atoms with Crippen molar-refractivity contribution in [2.24, 2.45) is 5.73 Å². The number of aromatic nitrogens is 1. The molecular formula is C14H21ClN4O. The van der Waals surface area contributed by atoms with Gasteiger partial charge in [-0.05, 0) is 44.5 Å². The van der Waals surface area contributed by atoms with Crippen LogP contribution < -0.4 is 11.1 Å². The van der Waals surface area contributed by atoms with E-state index in [0.717, 1.165) is 25.8 Å². The van der Waals surface area contributed by atoms with Gasteiger partial charge in [-0.25, -0.2) is 4.98 Å². The van der Waals surface area contributed by atoms with Crippen molar-refractivity contribution in [3.8, 4) is 0 Å². The van der Waals surface area contributed by atoms with Gasteiger partial charge >= 0.3 is 0 Å². The minimum absolute atomic E-state index is 0.0520. The zero-order valence-corrected chi connectivity index (χ0v) is 12.3. The van der Waals surface area contributed by atoms with Gasteiger partial charge in [-0.1, -0.05) is 18.0 Å². The minimum Gasteiger partial charge on any atom is -0.330 e. The number of nitrogens with zero attached hydrogens (tertiary/aromatic N) is 2. The third-order valence-corrected chi connectivity index (χ3v) is 3.93. The van der Waals surface area contributed by atoms with Crippen molar-refractivity contribution >= 4 is 23.2 Å². The van der Waals surface area contributed by atoms with Gasteiger partial charge in [-0.15, -0.1) is 0 Å². The summed E-state index contributed by atoms with van der Waals surface area (Å²) in [6, 6.07) is 3.92. The van der Waals surface area contributed by atoms with Crippen LogP contribution in [0.15, 0.2) is 18.3 Å². The molecule has 1 amide bonds. The summed E-state index contributed by atoms with van der Waals surface area (Å²) < 4.78 is 0. The lowest BCUT2D eigenvalue weighted by Crippen LogP contribution is -2.44. The second kappa shape index (κ2) is 7.57. The van der Waals surface area contributed by atoms with Gasteiger partial charge < -0.3 is 11.1 Å². The number of hydrogen-bond donors (Lipinski definition) is 2. The fraction of sp³-hybridized carbons (Fsp3) is 0.571. The molecule has 0 radical (unpaired) electrons. The first-order valence-corrected chi connectivity index (χ1v) is 7.43. The van der Waals surface area contributed by atoms with Gasteiger partial charge in [0.2, 0.25) is 5.91 Å². The van der Waals surface area contributed by atoms with E-state index in [2.05, 4.69) is 15.2 Å². The van der Waals surface area contributed by atoms with E-state index >= 15 is 0 Å². The number of likely N-dealkylation sites (tertiary alicyclic amines) is 1. The quantitative estimate of drug-likeness (QED) is 0.814. The van der Waals surface area contributed by atoms with Crippen molar-refractivity contribution in [1.29, 1.82) is 0 Å². The van der Waals surface area contributed by atoms with E-state index in [4.69, 9.17) is 17.3 Å². The molecule has 0 spiro atoms. The predicted molar refractivity (Wildman–Crippen MR) is 80.8 cm³/mol. The third kappa shape index (κ3) is 4.16. The van der Waals surface area contributed by atoms with Crippen LogP contribution in [0.5, 0.6) is 0 Å². The molecule has 0 saturated carbocycles. The molecule has 3 N–H and O–H groups in total. The van der Waals surface area contributed by atoms with Crippen LogP contribution in [-0.2, 0) is 4.79 Å². The fourth-order valence-electron chi connectivity index (χ4n) is 2.64. The van der Waals surface area contributed by atoms with Crippen molar-refractivity contribution in [3.05, 3.63) is 23.5 Å². The lowest BCUT2D eigenvalue weighted by atomic mass is 9.99. The van der Waals surface area contributed by atoms with Gasteiger partial charge in [0.15, 0.2) is 5.15 Å². The van der Waals surface area contributed by atoms with Crippen LogP contribution in [0.4, 0.5) is 5.69 Å². The fourth-order valence-corrected chi connectivity index (χ4v) is 2.81. The number of nitrogens with two attached hydrogens (primary N) is 1. The van der Waals surface area contributed by atoms with Gasteiger partial charge in [-0.2, -0.15) is 0 Å². The molecule has 1 aromatic heterocycles. The molecule has 2 rings (SSSR count). The molecule has 20 heavy (non-hydrogen) atoms. The van der Waals surface area contributed by atoms with Crippen LogP contribution in [0.3, 0.4) is 0 Å². The normalized spacial score (nSPS) is 19.8. The first-order chi connectivity index (χ1) is 9.70. The molecule has 1 unspecified atom stereocenters. The first kappa shape index (κ1) is 15.2. The van der Waals surface area contributed by atoms with E-state index in [1.807, 2.05) is 0 Å². The number of piperidine rings is 1. The van der Waals surface area contributed by atoms with Crippen molar-refractivity contribution in [2.45, 2.75) is 31.7 Å². The molecule has 110 valence electrons. The topological polar surface area (TPSA) is 71.2 Å². The summed E-state index contributed by atoms with van der Waals surface area (Å²) in [6.45, 7) is 2.01. The van der Waals surface area contributed by atoms with Crippen molar-refractivity contribution in [3.63, 3.8) is 0 Å². The van der Waals surface area contributed by atoms with Crippen molar-refractivity contribution < 1.29 is 4.79 Å². The Kier molecular flexibility index (Phi) is 5.76. The largest absolute Gasteiger partial charge is 0.330 e. The Bertz CT molecular complexity index is 453. The lowest BCUT2D eigenvalue weighted by molar-refractivity contribution is -0.118. The van der Waals surface area contributed by atoms with E-state index < -0.39 is 0 Å². The molecule has 2 heterocycles. The minimum atomic E-state index is -0.0520. The molecule has 1 saturated heterocycles. The number of pyridine rings is 1. The molecule has 0 aromatic carbocycles. The van der Waals surface area contributed by atoms with Crippen LogP contribution in [0.2, 0.25) is 5.15 Å². The van der Waals surface area contributed by atoms with E-state index in [9.17, 15) is 4.79 Å². The number of carbonyl (C=O) groups excluding carboxylic acids is 1. The summed E-state index contributed by atoms with van der Waals surface area (Å²) in [7, 11) is 0. The smallest absolute Gasteiger partial charge is 0.238 e. The second-order valence-electron chi connectivity index (χ2n) is 5.09. The van der Waals surface area contributed by atoms with E-state index in [0.29, 0.717) is 30.0 Å². The highest BCUT2D eigenvalue weighted by molar-refractivity contribution is 6.32. The van der Waals surface area contributed by atoms with Crippen LogP contribution >= 0.6 is 11.6 Å². The maximum Gasteiger partial charge on any atom is 0.238 e. The molecule has 1 atom stereocenters. The highest BCUT2D eigenvalue weighted by Crippen LogP contribution is 2.20. The number of hydrogen-bond acceptors (Lipinski definition) is 4. The molecule has 1 fully saturated rings. The van der Waals surface area contributed by atoms with Gasteiger partial charge in [-0.3, -0.25) is 9.69 Å². The Morgan fingerprint density at radius 3 is 3.15 bits per heavy atom. The highest BCUT2D eigenvalue weighted by Gasteiger charge is 2.23. The Morgan fingerprint density at radius 2 is 2.40 bits per heavy atom. The average Bonchev–Trinajstić information content (AvgIpc) is 2.44. The van der Waals surface area contributed by atoms with Gasteiger partial charge in [0.1, 0.15) is 0 Å². The van der Waals surface area contributed by atoms with Crippen LogP contribution in [0.25, 0.3) is 0 Å². The van der Waals surface area contributed by atoms with E-state index in [1.54, 1.807) is 18.3 Å². The number of carbonyl (C=O) groups is 1. The SMILES string of the molecule is NCCC1CCCCN1CC(=O)Nc1cccnc1Cl. The zero-order chi connectivity index (χ0) is 14.4. The Labute approximate surface area is 124 Å². The lowest BCUT2D eigenvalue weighted by Gasteiger charge is -2.35. The Morgan fingerprint density at radius 1 is 1.55 bits per heavy atom. The summed E-state index contributed by atoms with van der Waals surface area (Å²) in [4.78, 5) is 18.3. The van der Waals surface area contributed by atoms with Gasteiger partial charge in [0, 0.05) is 12.2 Å². The molecule has 6 heteroatoms. The number of rotatable bonds is 5. The molecule has 1 aromatic rings. The first-order valence-electron chi connectivity index (χ1n) is 7.05. The molecule has 0 aliphatic carbocycles. The van der Waals surface area contributed by atoms with Crippen molar-refractivity contribution in [2.75, 3.05) is 25.0 Å². The zero-order valence-electron chi connectivity index (χ0n) is 11.5. The Balaban J connectivity index is 1.91. The monoisotopic (exact) mass is 296 g/mol. The maximum absolute atomic E-state index is 12.1. The molecule has 0 bridgehead atoms. The summed E-state index contributed by atoms with van der Waals surface area (Å²) >= 11 is 5.93. The highest BCUT2D eigenvalue weighted by atomic mass is 35.5. The number of halogens is 1. The third-order valence-electron chi connectivity index (χ3n) is 3.63. The molecule has 5 nitrogen and oxygen atoms in total. The van der Waals surface area contributed by atoms with Gasteiger partial charge in [0.25, 0.3) is 0 Å². The molecule has 1 aliphatic heterocycles. The van der Waals surface area contributed by atoms with Crippen LogP contribution in [-0.4, -0.2) is 41.5 Å². The molecular weight excluding hydrogens is 276 g/mol. The predicted octanol–water partition coefficient (Wildman–Crippen LogP) is 1.88. The number of nitrogens with one attached hydrogen (secondary N) is 1. The number of amides is 1. The van der Waals surface area contributed by atoms with E-state index in [1.165, 1.54) is 6.42 Å². The average molecular weight is 297 g/mol. The summed E-state index contributed by atoms with van der Waals surface area (Å²) in [6.07, 6.45) is 6.03. The van der Waals surface area contributed by atoms with Crippen LogP contribution in [0, 0.1) is 0 Å². The van der Waals surface area contributed by atoms with E-state index in [-0.39, 0.29) is 5.91 Å². The number of anilines is 1. The maximum atomic E-state index is 12.1. The summed E-state index contributed by atoms with van der Waals surface area (Å²) in [5, 5.41) is 3.13. The summed E-state index contributed by atoms with van der Waals surface area (Å²) in [5.74, 6) is -0.0520. The second-order valence-corrected chi connectivity index (χ2v) is 5.45. The molecule has 1 aliphatic rings. The van der Waals surface area contributed by atoms with Crippen molar-refractivity contribution in [1.82, 2.24) is 9.88 Å². The van der Waals surface area contributed by atoms with Gasteiger partial charge in [0.05, 0.1) is 12.2 Å². The summed E-state index contributed by atoms with van der Waals surface area (Å²) in [5.41, 5.74) is 6.20.